The maximum Gasteiger partial charge on any atom is 0.274 e. The summed E-state index contributed by atoms with van der Waals surface area (Å²) in [6, 6.07) is 12.8. The molecule has 0 radical (unpaired) electrons. The van der Waals surface area contributed by atoms with Crippen molar-refractivity contribution in [2.24, 2.45) is 0 Å². The molecule has 1 heterocycles. The van der Waals surface area contributed by atoms with Gasteiger partial charge in [-0.15, -0.1) is 11.3 Å². The van der Waals surface area contributed by atoms with Crippen LogP contribution in [0.4, 0.5) is 10.1 Å². The van der Waals surface area contributed by atoms with Crippen LogP contribution in [0.5, 0.6) is 0 Å². The van der Waals surface area contributed by atoms with Crippen LogP contribution in [-0.2, 0) is 21.4 Å². The number of halogens is 3. The van der Waals surface area contributed by atoms with Gasteiger partial charge in [0.25, 0.3) is 10.0 Å². The summed E-state index contributed by atoms with van der Waals surface area (Å²) in [5.74, 6) is -1.05. The van der Waals surface area contributed by atoms with E-state index in [9.17, 15) is 17.6 Å². The molecule has 0 aliphatic heterocycles. The number of benzene rings is 2. The van der Waals surface area contributed by atoms with Crippen LogP contribution >= 0.6 is 34.5 Å². The first-order valence-corrected chi connectivity index (χ1v) is 11.4. The highest BCUT2D eigenvalue weighted by atomic mass is 35.5. The summed E-state index contributed by atoms with van der Waals surface area (Å²) in [6.45, 7) is -0.373. The number of anilines is 1. The zero-order valence-electron chi connectivity index (χ0n) is 14.8. The van der Waals surface area contributed by atoms with E-state index in [1.807, 2.05) is 0 Å². The minimum absolute atomic E-state index is 0.0790. The van der Waals surface area contributed by atoms with Gasteiger partial charge in [-0.1, -0.05) is 35.3 Å². The Labute approximate surface area is 181 Å². The summed E-state index contributed by atoms with van der Waals surface area (Å²) in [4.78, 5) is 12.5. The molecule has 3 rings (SSSR count). The van der Waals surface area contributed by atoms with Crippen molar-refractivity contribution >= 4 is 56.2 Å². The number of nitrogens with zero attached hydrogens (tertiary/aromatic N) is 1. The molecule has 152 valence electrons. The third-order valence-corrected chi connectivity index (χ3v) is 7.67. The molecule has 5 nitrogen and oxygen atoms in total. The van der Waals surface area contributed by atoms with Gasteiger partial charge in [0.05, 0.1) is 5.69 Å². The van der Waals surface area contributed by atoms with Gasteiger partial charge in [-0.05, 0) is 53.4 Å². The lowest BCUT2D eigenvalue weighted by Gasteiger charge is -2.23. The predicted molar refractivity (Wildman–Crippen MR) is 114 cm³/mol. The van der Waals surface area contributed by atoms with Gasteiger partial charge in [0.2, 0.25) is 5.91 Å². The molecular formula is C19H15Cl2FN2O3S2. The van der Waals surface area contributed by atoms with Crippen molar-refractivity contribution in [2.45, 2.75) is 10.8 Å². The van der Waals surface area contributed by atoms with E-state index in [0.717, 1.165) is 27.8 Å². The highest BCUT2D eigenvalue weighted by molar-refractivity contribution is 7.94. The molecule has 3 aromatic rings. The third kappa shape index (κ3) is 5.27. The fourth-order valence-corrected chi connectivity index (χ4v) is 5.49. The molecule has 0 spiro atoms. The molecule has 0 saturated heterocycles. The van der Waals surface area contributed by atoms with E-state index in [2.05, 4.69) is 5.32 Å². The average molecular weight is 473 g/mol. The van der Waals surface area contributed by atoms with Gasteiger partial charge in [0.15, 0.2) is 0 Å². The SMILES string of the molecule is O=C(CN(c1ccc(F)cc1)S(=O)(=O)c1cccs1)NCc1ccc(Cl)cc1Cl. The van der Waals surface area contributed by atoms with Crippen LogP contribution in [-0.4, -0.2) is 20.9 Å². The van der Waals surface area contributed by atoms with Crippen molar-refractivity contribution < 1.29 is 17.6 Å². The van der Waals surface area contributed by atoms with E-state index in [1.165, 1.54) is 18.2 Å². The lowest BCUT2D eigenvalue weighted by atomic mass is 10.2. The smallest absolute Gasteiger partial charge is 0.274 e. The van der Waals surface area contributed by atoms with Crippen LogP contribution in [0.25, 0.3) is 0 Å². The average Bonchev–Trinajstić information content (AvgIpc) is 3.22. The van der Waals surface area contributed by atoms with Crippen LogP contribution in [0.2, 0.25) is 10.0 Å². The minimum atomic E-state index is -3.99. The predicted octanol–water partition coefficient (Wildman–Crippen LogP) is 4.71. The van der Waals surface area contributed by atoms with Crippen LogP contribution in [0.3, 0.4) is 0 Å². The number of amides is 1. The molecular weight excluding hydrogens is 458 g/mol. The topological polar surface area (TPSA) is 66.5 Å². The highest BCUT2D eigenvalue weighted by Gasteiger charge is 2.28. The first-order valence-electron chi connectivity index (χ1n) is 8.30. The Hall–Kier alpha value is -2.13. The number of rotatable bonds is 7. The molecule has 2 aromatic carbocycles. The van der Waals surface area contributed by atoms with Gasteiger partial charge in [0, 0.05) is 16.6 Å². The lowest BCUT2D eigenvalue weighted by Crippen LogP contribution is -2.40. The largest absolute Gasteiger partial charge is 0.350 e. The maximum atomic E-state index is 13.3. The molecule has 0 fully saturated rings. The molecule has 1 N–H and O–H groups in total. The lowest BCUT2D eigenvalue weighted by molar-refractivity contribution is -0.119. The molecule has 0 atom stereocenters. The van der Waals surface area contributed by atoms with E-state index in [4.69, 9.17) is 23.2 Å². The van der Waals surface area contributed by atoms with E-state index in [1.54, 1.807) is 29.6 Å². The van der Waals surface area contributed by atoms with Crippen LogP contribution in [0, 0.1) is 5.82 Å². The molecule has 0 unspecified atom stereocenters. The molecule has 0 saturated carbocycles. The molecule has 0 bridgehead atoms. The maximum absolute atomic E-state index is 13.3. The number of hydrogen-bond acceptors (Lipinski definition) is 4. The number of carbonyl (C=O) groups excluding carboxylic acids is 1. The standard InChI is InChI=1S/C19H15Cl2FN2O3S2/c20-14-4-3-13(17(21)10-14)11-23-18(25)12-24(16-7-5-15(22)6-8-16)29(26,27)19-2-1-9-28-19/h1-10H,11-12H2,(H,23,25). The summed E-state index contributed by atoms with van der Waals surface area (Å²) in [5, 5.41) is 5.12. The summed E-state index contributed by atoms with van der Waals surface area (Å²) in [7, 11) is -3.99. The van der Waals surface area contributed by atoms with Crippen molar-refractivity contribution in [3.05, 3.63) is 81.4 Å². The van der Waals surface area contributed by atoms with Gasteiger partial charge >= 0.3 is 0 Å². The van der Waals surface area contributed by atoms with Crippen molar-refractivity contribution in [2.75, 3.05) is 10.8 Å². The Kier molecular flexibility index (Phi) is 6.79. The van der Waals surface area contributed by atoms with Crippen molar-refractivity contribution in [1.29, 1.82) is 0 Å². The molecule has 1 amide bonds. The Bertz CT molecular complexity index is 1100. The second kappa shape index (κ2) is 9.13. The second-order valence-corrected chi connectivity index (χ2v) is 9.81. The van der Waals surface area contributed by atoms with Gasteiger partial charge in [-0.25, -0.2) is 12.8 Å². The van der Waals surface area contributed by atoms with Crippen LogP contribution in [0.1, 0.15) is 5.56 Å². The zero-order chi connectivity index (χ0) is 21.0. The van der Waals surface area contributed by atoms with Gasteiger partial charge in [0.1, 0.15) is 16.6 Å². The number of nitrogens with one attached hydrogen (secondary N) is 1. The summed E-state index contributed by atoms with van der Waals surface area (Å²) < 4.78 is 40.3. The van der Waals surface area contributed by atoms with E-state index >= 15 is 0 Å². The molecule has 0 aliphatic carbocycles. The van der Waals surface area contributed by atoms with E-state index in [0.29, 0.717) is 15.6 Å². The zero-order valence-corrected chi connectivity index (χ0v) is 18.0. The highest BCUT2D eigenvalue weighted by Crippen LogP contribution is 2.26. The van der Waals surface area contributed by atoms with E-state index < -0.39 is 28.3 Å². The van der Waals surface area contributed by atoms with Crippen LogP contribution < -0.4 is 9.62 Å². The molecule has 1 aromatic heterocycles. The van der Waals surface area contributed by atoms with E-state index in [-0.39, 0.29) is 16.4 Å². The summed E-state index contributed by atoms with van der Waals surface area (Å²) in [5.41, 5.74) is 0.818. The normalized spacial score (nSPS) is 11.3. The molecule has 10 heteroatoms. The molecule has 29 heavy (non-hydrogen) atoms. The summed E-state index contributed by atoms with van der Waals surface area (Å²) >= 11 is 13.0. The minimum Gasteiger partial charge on any atom is -0.350 e. The Morgan fingerprint density at radius 3 is 2.45 bits per heavy atom. The third-order valence-electron chi connectivity index (χ3n) is 3.93. The number of carbonyl (C=O) groups is 1. The first-order chi connectivity index (χ1) is 13.8. The van der Waals surface area contributed by atoms with Crippen molar-refractivity contribution in [3.8, 4) is 0 Å². The van der Waals surface area contributed by atoms with Gasteiger partial charge < -0.3 is 5.32 Å². The Morgan fingerprint density at radius 2 is 1.83 bits per heavy atom. The monoisotopic (exact) mass is 472 g/mol. The van der Waals surface area contributed by atoms with Crippen LogP contribution in [0.15, 0.2) is 64.2 Å². The summed E-state index contributed by atoms with van der Waals surface area (Å²) in [6.07, 6.45) is 0. The van der Waals surface area contributed by atoms with Crippen molar-refractivity contribution in [3.63, 3.8) is 0 Å². The number of hydrogen-bond donors (Lipinski definition) is 1. The fraction of sp³-hybridized carbons (Fsp3) is 0.105. The second-order valence-electron chi connectivity index (χ2n) is 5.93. The first kappa shape index (κ1) is 21.6. The number of thiophene rings is 1. The quantitative estimate of drug-likeness (QED) is 0.541. The Morgan fingerprint density at radius 1 is 1.10 bits per heavy atom. The number of sulfonamides is 1. The fourth-order valence-electron chi connectivity index (χ4n) is 2.49. The van der Waals surface area contributed by atoms with Gasteiger partial charge in [-0.2, -0.15) is 0 Å². The molecule has 0 aliphatic rings. The Balaban J connectivity index is 1.81. The van der Waals surface area contributed by atoms with Crippen molar-refractivity contribution in [1.82, 2.24) is 5.32 Å². The van der Waals surface area contributed by atoms with Gasteiger partial charge in [-0.3, -0.25) is 9.10 Å².